The maximum absolute atomic E-state index is 12.9. The van der Waals surface area contributed by atoms with Gasteiger partial charge in [0.1, 0.15) is 17.7 Å². The molecule has 0 aliphatic carbocycles. The van der Waals surface area contributed by atoms with E-state index in [1.165, 1.54) is 11.8 Å². The lowest BCUT2D eigenvalue weighted by Crippen LogP contribution is -2.22. The molecule has 9 heteroatoms. The molecule has 1 fully saturated rings. The first-order valence-corrected chi connectivity index (χ1v) is 12.0. The number of nitriles is 1. The summed E-state index contributed by atoms with van der Waals surface area (Å²) in [4.78, 5) is 12.9. The van der Waals surface area contributed by atoms with Crippen LogP contribution in [0.5, 0.6) is 0 Å². The summed E-state index contributed by atoms with van der Waals surface area (Å²) >= 11 is 1.32. The zero-order valence-corrected chi connectivity index (χ0v) is 20.2. The Morgan fingerprint density at radius 1 is 1.27 bits per heavy atom. The molecule has 0 radical (unpaired) electrons. The van der Waals surface area contributed by atoms with Crippen LogP contribution in [0.1, 0.15) is 41.1 Å². The maximum atomic E-state index is 12.9. The zero-order valence-electron chi connectivity index (χ0n) is 19.4. The molecule has 0 bridgehead atoms. The molecule has 0 saturated carbocycles. The van der Waals surface area contributed by atoms with E-state index >= 15 is 0 Å². The van der Waals surface area contributed by atoms with Gasteiger partial charge in [0.2, 0.25) is 5.91 Å². The fourth-order valence-corrected chi connectivity index (χ4v) is 4.97. The standard InChI is InChI=1S/C24H28N6O2S/c1-15-8-5-6-10-21(15)30-18(4)27-28-24(30)33-14-22(31)26-23-20(12-25)16(2)17(3)29(23)13-19-9-7-11-32-19/h5-6,8,10,19H,7,9,11,13-14H2,1-4H3,(H,26,31)/t19-/m0/s1. The van der Waals surface area contributed by atoms with Gasteiger partial charge in [0, 0.05) is 12.3 Å². The number of carbonyl (C=O) groups excluding carboxylic acids is 1. The summed E-state index contributed by atoms with van der Waals surface area (Å²) in [6.07, 6.45) is 2.12. The quantitative estimate of drug-likeness (QED) is 0.529. The fraction of sp³-hybridized carbons (Fsp3) is 0.417. The number of aryl methyl sites for hydroxylation is 2. The number of hydrogen-bond donors (Lipinski definition) is 1. The predicted octanol–water partition coefficient (Wildman–Crippen LogP) is 4.08. The van der Waals surface area contributed by atoms with Crippen molar-refractivity contribution >= 4 is 23.5 Å². The minimum absolute atomic E-state index is 0.0997. The van der Waals surface area contributed by atoms with Gasteiger partial charge >= 0.3 is 0 Å². The fourth-order valence-electron chi connectivity index (χ4n) is 4.18. The summed E-state index contributed by atoms with van der Waals surface area (Å²) in [7, 11) is 0. The lowest BCUT2D eigenvalue weighted by molar-refractivity contribution is -0.113. The predicted molar refractivity (Wildman–Crippen MR) is 128 cm³/mol. The monoisotopic (exact) mass is 464 g/mol. The Bertz CT molecular complexity index is 1220. The lowest BCUT2D eigenvalue weighted by atomic mass is 10.2. The molecule has 8 nitrogen and oxygen atoms in total. The van der Waals surface area contributed by atoms with E-state index < -0.39 is 0 Å². The molecule has 3 heterocycles. The second-order valence-electron chi connectivity index (χ2n) is 8.28. The first kappa shape index (κ1) is 23.1. The summed E-state index contributed by atoms with van der Waals surface area (Å²) in [5.74, 6) is 1.26. The molecule has 1 saturated heterocycles. The summed E-state index contributed by atoms with van der Waals surface area (Å²) in [5.41, 5.74) is 4.45. The Hall–Kier alpha value is -3.09. The molecule has 1 aromatic carbocycles. The molecule has 4 rings (SSSR count). The van der Waals surface area contributed by atoms with Crippen molar-refractivity contribution in [2.75, 3.05) is 17.7 Å². The van der Waals surface area contributed by atoms with Gasteiger partial charge in [0.05, 0.1) is 29.7 Å². The smallest absolute Gasteiger partial charge is 0.235 e. The molecule has 1 aliphatic heterocycles. The molecule has 1 atom stereocenters. The van der Waals surface area contributed by atoms with Gasteiger partial charge in [-0.3, -0.25) is 9.36 Å². The van der Waals surface area contributed by atoms with Gasteiger partial charge in [0.15, 0.2) is 5.16 Å². The summed E-state index contributed by atoms with van der Waals surface area (Å²) in [5, 5.41) is 21.9. The number of nitrogens with one attached hydrogen (secondary N) is 1. The lowest BCUT2D eigenvalue weighted by Gasteiger charge is -2.17. The Kier molecular flexibility index (Phi) is 6.86. The van der Waals surface area contributed by atoms with Gasteiger partial charge in [-0.1, -0.05) is 30.0 Å². The number of amides is 1. The van der Waals surface area contributed by atoms with Crippen molar-refractivity contribution in [1.82, 2.24) is 19.3 Å². The number of carbonyl (C=O) groups is 1. The van der Waals surface area contributed by atoms with Gasteiger partial charge in [-0.15, -0.1) is 10.2 Å². The van der Waals surface area contributed by atoms with Crippen molar-refractivity contribution in [2.45, 2.75) is 58.3 Å². The van der Waals surface area contributed by atoms with E-state index in [0.717, 1.165) is 47.8 Å². The molecular weight excluding hydrogens is 436 g/mol. The highest BCUT2D eigenvalue weighted by atomic mass is 32.2. The van der Waals surface area contributed by atoms with Crippen molar-refractivity contribution in [1.29, 1.82) is 5.26 Å². The normalized spacial score (nSPS) is 15.5. The highest BCUT2D eigenvalue weighted by Gasteiger charge is 2.24. The SMILES string of the molecule is Cc1ccccc1-n1c(C)nnc1SCC(=O)Nc1c(C#N)c(C)c(C)n1C[C@@H]1CCCO1. The third-order valence-electron chi connectivity index (χ3n) is 6.09. The van der Waals surface area contributed by atoms with Crippen LogP contribution in [-0.4, -0.2) is 43.7 Å². The molecule has 1 N–H and O–H groups in total. The molecule has 33 heavy (non-hydrogen) atoms. The number of thioether (sulfide) groups is 1. The average Bonchev–Trinajstić information content (AvgIpc) is 3.49. The second-order valence-corrected chi connectivity index (χ2v) is 9.22. The minimum Gasteiger partial charge on any atom is -0.376 e. The summed E-state index contributed by atoms with van der Waals surface area (Å²) in [6.45, 7) is 9.20. The largest absolute Gasteiger partial charge is 0.376 e. The van der Waals surface area contributed by atoms with Gasteiger partial charge in [0.25, 0.3) is 0 Å². The average molecular weight is 465 g/mol. The molecule has 1 amide bonds. The highest BCUT2D eigenvalue weighted by Crippen LogP contribution is 2.29. The van der Waals surface area contributed by atoms with Gasteiger partial charge < -0.3 is 14.6 Å². The second kappa shape index (κ2) is 9.81. The molecular formula is C24H28N6O2S. The number of hydrogen-bond acceptors (Lipinski definition) is 6. The van der Waals surface area contributed by atoms with E-state index in [1.807, 2.05) is 61.1 Å². The van der Waals surface area contributed by atoms with Crippen molar-refractivity contribution in [2.24, 2.45) is 0 Å². The van der Waals surface area contributed by atoms with E-state index in [-0.39, 0.29) is 17.8 Å². The van der Waals surface area contributed by atoms with Crippen LogP contribution < -0.4 is 5.32 Å². The zero-order chi connectivity index (χ0) is 23.5. The van der Waals surface area contributed by atoms with Crippen LogP contribution in [-0.2, 0) is 16.1 Å². The third kappa shape index (κ3) is 4.68. The van der Waals surface area contributed by atoms with Crippen LogP contribution in [0.4, 0.5) is 5.82 Å². The first-order chi connectivity index (χ1) is 15.9. The molecule has 0 spiro atoms. The van der Waals surface area contributed by atoms with Crippen LogP contribution >= 0.6 is 11.8 Å². The van der Waals surface area contributed by atoms with E-state index in [9.17, 15) is 10.1 Å². The van der Waals surface area contributed by atoms with E-state index in [1.54, 1.807) is 0 Å². The van der Waals surface area contributed by atoms with Crippen molar-refractivity contribution in [3.63, 3.8) is 0 Å². The Morgan fingerprint density at radius 2 is 2.06 bits per heavy atom. The molecule has 172 valence electrons. The third-order valence-corrected chi connectivity index (χ3v) is 7.02. The molecule has 0 unspecified atom stereocenters. The minimum atomic E-state index is -0.195. The van der Waals surface area contributed by atoms with Gasteiger partial charge in [-0.05, 0) is 57.7 Å². The first-order valence-electron chi connectivity index (χ1n) is 11.0. The van der Waals surface area contributed by atoms with E-state index in [2.05, 4.69) is 21.6 Å². The number of ether oxygens (including phenoxy) is 1. The van der Waals surface area contributed by atoms with Crippen LogP contribution in [0.15, 0.2) is 29.4 Å². The van der Waals surface area contributed by atoms with Gasteiger partial charge in [-0.25, -0.2) is 0 Å². The number of anilines is 1. The molecule has 1 aliphatic rings. The maximum Gasteiger partial charge on any atom is 0.235 e. The molecule has 2 aromatic heterocycles. The van der Waals surface area contributed by atoms with Crippen molar-refractivity contribution in [3.05, 3.63) is 52.5 Å². The van der Waals surface area contributed by atoms with Crippen molar-refractivity contribution < 1.29 is 9.53 Å². The van der Waals surface area contributed by atoms with E-state index in [4.69, 9.17) is 4.74 Å². The topological polar surface area (TPSA) is 97.8 Å². The molecule has 3 aromatic rings. The Balaban J connectivity index is 1.52. The number of benzene rings is 1. The highest BCUT2D eigenvalue weighted by molar-refractivity contribution is 7.99. The van der Waals surface area contributed by atoms with Crippen LogP contribution in [0.3, 0.4) is 0 Å². The van der Waals surface area contributed by atoms with E-state index in [0.29, 0.717) is 23.1 Å². The van der Waals surface area contributed by atoms with Crippen LogP contribution in [0.2, 0.25) is 0 Å². The Morgan fingerprint density at radius 3 is 2.76 bits per heavy atom. The van der Waals surface area contributed by atoms with Crippen LogP contribution in [0, 0.1) is 39.0 Å². The Labute approximate surface area is 198 Å². The van der Waals surface area contributed by atoms with Gasteiger partial charge in [-0.2, -0.15) is 5.26 Å². The van der Waals surface area contributed by atoms with Crippen molar-refractivity contribution in [3.8, 4) is 11.8 Å². The summed E-state index contributed by atoms with van der Waals surface area (Å²) in [6, 6.07) is 10.3. The number of aromatic nitrogens is 4. The van der Waals surface area contributed by atoms with Crippen LogP contribution in [0.25, 0.3) is 5.69 Å². The number of nitrogens with zero attached hydrogens (tertiary/aromatic N) is 5. The number of para-hydroxylation sites is 1. The number of rotatable bonds is 7. The summed E-state index contributed by atoms with van der Waals surface area (Å²) < 4.78 is 9.76.